The first kappa shape index (κ1) is 18.1. The highest BCUT2D eigenvalue weighted by Crippen LogP contribution is 2.36. The van der Waals surface area contributed by atoms with Crippen LogP contribution in [0.2, 0.25) is 0 Å². The fourth-order valence-corrected chi connectivity index (χ4v) is 4.20. The van der Waals surface area contributed by atoms with Crippen LogP contribution in [0.1, 0.15) is 64.5 Å². The van der Waals surface area contributed by atoms with Crippen molar-refractivity contribution in [3.63, 3.8) is 0 Å². The molecule has 28 heavy (non-hydrogen) atoms. The lowest BCUT2D eigenvalue weighted by Crippen LogP contribution is -2.29. The maximum absolute atomic E-state index is 13.3. The second kappa shape index (κ2) is 6.68. The zero-order valence-electron chi connectivity index (χ0n) is 15.8. The van der Waals surface area contributed by atoms with E-state index in [-0.39, 0.29) is 34.4 Å². The summed E-state index contributed by atoms with van der Waals surface area (Å²) in [5, 5.41) is 21.3. The number of ketones is 1. The van der Waals surface area contributed by atoms with Crippen LogP contribution in [0.4, 0.5) is 0 Å². The average Bonchev–Trinajstić information content (AvgIpc) is 3.31. The molecule has 2 aromatic heterocycles. The van der Waals surface area contributed by atoms with Crippen LogP contribution >= 0.6 is 0 Å². The molecule has 1 aliphatic carbocycles. The summed E-state index contributed by atoms with van der Waals surface area (Å²) < 4.78 is 6.99. The number of nitrogens with zero attached hydrogens (tertiary/aromatic N) is 2. The molecule has 0 amide bonds. The summed E-state index contributed by atoms with van der Waals surface area (Å²) in [7, 11) is 0. The fourth-order valence-electron chi connectivity index (χ4n) is 4.20. The van der Waals surface area contributed by atoms with Gasteiger partial charge in [-0.05, 0) is 38.3 Å². The van der Waals surface area contributed by atoms with Gasteiger partial charge in [-0.15, -0.1) is 0 Å². The molecule has 0 aliphatic heterocycles. The summed E-state index contributed by atoms with van der Waals surface area (Å²) in [4.78, 5) is 26.1. The van der Waals surface area contributed by atoms with Crippen molar-refractivity contribution in [3.05, 3.63) is 62.6 Å². The number of benzene rings is 1. The fraction of sp³-hybridized carbons (Fsp3) is 0.318. The minimum atomic E-state index is -0.540. The van der Waals surface area contributed by atoms with Gasteiger partial charge in [0.05, 0.1) is 5.56 Å². The van der Waals surface area contributed by atoms with Gasteiger partial charge in [-0.3, -0.25) is 14.2 Å². The number of rotatable bonds is 3. The Bertz CT molecular complexity index is 1200. The van der Waals surface area contributed by atoms with Gasteiger partial charge in [-0.2, -0.15) is 5.26 Å². The van der Waals surface area contributed by atoms with Crippen molar-refractivity contribution >= 4 is 16.8 Å². The van der Waals surface area contributed by atoms with Crippen molar-refractivity contribution < 1.29 is 14.3 Å². The van der Waals surface area contributed by atoms with Crippen LogP contribution < -0.4 is 5.56 Å². The van der Waals surface area contributed by atoms with Crippen molar-refractivity contribution in [1.82, 2.24) is 4.57 Å². The number of furan rings is 1. The second-order valence-corrected chi connectivity index (χ2v) is 7.31. The first-order chi connectivity index (χ1) is 13.5. The molecule has 3 aromatic rings. The minimum absolute atomic E-state index is 0.0368. The number of carbonyl (C=O) groups is 1. The van der Waals surface area contributed by atoms with E-state index in [0.29, 0.717) is 11.1 Å². The van der Waals surface area contributed by atoms with Gasteiger partial charge in [0.15, 0.2) is 5.76 Å². The molecule has 0 radical (unpaired) electrons. The molecule has 1 aromatic carbocycles. The maximum Gasteiger partial charge on any atom is 0.271 e. The summed E-state index contributed by atoms with van der Waals surface area (Å²) in [6.07, 6.45) is 3.36. The molecule has 1 saturated carbocycles. The van der Waals surface area contributed by atoms with Gasteiger partial charge >= 0.3 is 0 Å². The number of carbonyl (C=O) groups excluding carboxylic acids is 1. The molecule has 4 rings (SSSR count). The monoisotopic (exact) mass is 376 g/mol. The highest BCUT2D eigenvalue weighted by Gasteiger charge is 2.31. The number of hydrogen-bond acceptors (Lipinski definition) is 5. The average molecular weight is 376 g/mol. The zero-order chi connectivity index (χ0) is 20.0. The standard InChI is InChI=1S/C22H20N2O4/c1-12-16(11-23)21(26)24(14-7-3-4-8-14)22(27)18(12)19(25)20-13(2)15-9-5-6-10-17(15)28-20/h5-6,9-10,14,27H,3-4,7-8H2,1-2H3. The molecular weight excluding hydrogens is 356 g/mol. The molecule has 6 heteroatoms. The molecule has 0 spiro atoms. The number of nitriles is 1. The number of aromatic hydroxyl groups is 1. The van der Waals surface area contributed by atoms with E-state index in [9.17, 15) is 20.0 Å². The van der Waals surface area contributed by atoms with Gasteiger partial charge in [0.2, 0.25) is 11.7 Å². The topological polar surface area (TPSA) is 96.2 Å². The number of fused-ring (bicyclic) bond motifs is 1. The molecule has 1 aliphatic rings. The zero-order valence-corrected chi connectivity index (χ0v) is 15.8. The van der Waals surface area contributed by atoms with Gasteiger partial charge in [0, 0.05) is 17.0 Å². The van der Waals surface area contributed by atoms with Crippen molar-refractivity contribution in [1.29, 1.82) is 5.26 Å². The van der Waals surface area contributed by atoms with Crippen LogP contribution in [0.3, 0.4) is 0 Å². The van der Waals surface area contributed by atoms with Crippen molar-refractivity contribution in [2.75, 3.05) is 0 Å². The van der Waals surface area contributed by atoms with E-state index in [0.717, 1.165) is 31.1 Å². The van der Waals surface area contributed by atoms with Gasteiger partial charge in [0.25, 0.3) is 5.56 Å². The van der Waals surface area contributed by atoms with Gasteiger partial charge in [0.1, 0.15) is 17.2 Å². The highest BCUT2D eigenvalue weighted by atomic mass is 16.3. The largest absolute Gasteiger partial charge is 0.494 e. The quantitative estimate of drug-likeness (QED) is 0.693. The Morgan fingerprint density at radius 2 is 1.89 bits per heavy atom. The van der Waals surface area contributed by atoms with Crippen LogP contribution in [0.15, 0.2) is 33.5 Å². The number of pyridine rings is 1. The van der Waals surface area contributed by atoms with E-state index in [4.69, 9.17) is 4.42 Å². The lowest BCUT2D eigenvalue weighted by molar-refractivity contribution is 0.100. The van der Waals surface area contributed by atoms with E-state index in [1.165, 1.54) is 11.5 Å². The Kier molecular flexibility index (Phi) is 4.31. The Balaban J connectivity index is 1.97. The Labute approximate surface area is 161 Å². The Morgan fingerprint density at radius 1 is 1.21 bits per heavy atom. The molecule has 6 nitrogen and oxygen atoms in total. The second-order valence-electron chi connectivity index (χ2n) is 7.31. The Morgan fingerprint density at radius 3 is 2.54 bits per heavy atom. The third kappa shape index (κ3) is 2.55. The van der Waals surface area contributed by atoms with E-state index in [1.54, 1.807) is 13.0 Å². The molecule has 1 fully saturated rings. The van der Waals surface area contributed by atoms with Crippen LogP contribution in [0, 0.1) is 25.2 Å². The van der Waals surface area contributed by atoms with Gasteiger partial charge < -0.3 is 9.52 Å². The number of aryl methyl sites for hydroxylation is 1. The molecule has 0 bridgehead atoms. The Hall–Kier alpha value is -3.33. The van der Waals surface area contributed by atoms with Gasteiger partial charge in [-0.25, -0.2) is 0 Å². The summed E-state index contributed by atoms with van der Waals surface area (Å²) in [5.41, 5.74) is 0.736. The van der Waals surface area contributed by atoms with Crippen molar-refractivity contribution in [2.24, 2.45) is 0 Å². The number of hydrogen-bond donors (Lipinski definition) is 1. The summed E-state index contributed by atoms with van der Waals surface area (Å²) >= 11 is 0. The lowest BCUT2D eigenvalue weighted by atomic mass is 9.98. The summed E-state index contributed by atoms with van der Waals surface area (Å²) in [5.74, 6) is -0.787. The first-order valence-electron chi connectivity index (χ1n) is 9.36. The first-order valence-corrected chi connectivity index (χ1v) is 9.36. The van der Waals surface area contributed by atoms with E-state index in [2.05, 4.69) is 0 Å². The van der Waals surface area contributed by atoms with Gasteiger partial charge in [-0.1, -0.05) is 31.0 Å². The lowest BCUT2D eigenvalue weighted by Gasteiger charge is -2.19. The van der Waals surface area contributed by atoms with Crippen LogP contribution in [-0.2, 0) is 0 Å². The van der Waals surface area contributed by atoms with E-state index < -0.39 is 11.3 Å². The molecule has 0 saturated heterocycles. The molecular formula is C22H20N2O4. The highest BCUT2D eigenvalue weighted by molar-refractivity contribution is 6.12. The van der Waals surface area contributed by atoms with E-state index in [1.807, 2.05) is 24.3 Å². The van der Waals surface area contributed by atoms with Crippen molar-refractivity contribution in [3.8, 4) is 11.9 Å². The van der Waals surface area contributed by atoms with Crippen LogP contribution in [0.5, 0.6) is 5.88 Å². The molecule has 1 N–H and O–H groups in total. The molecule has 142 valence electrons. The van der Waals surface area contributed by atoms with Crippen LogP contribution in [0.25, 0.3) is 11.0 Å². The molecule has 0 atom stereocenters. The number of aromatic nitrogens is 1. The van der Waals surface area contributed by atoms with E-state index >= 15 is 0 Å². The van der Waals surface area contributed by atoms with Crippen LogP contribution in [-0.4, -0.2) is 15.5 Å². The predicted octanol–water partition coefficient (Wildman–Crippen LogP) is 4.13. The summed E-state index contributed by atoms with van der Waals surface area (Å²) in [6, 6.07) is 9.01. The maximum atomic E-state index is 13.3. The minimum Gasteiger partial charge on any atom is -0.494 e. The summed E-state index contributed by atoms with van der Waals surface area (Å²) in [6.45, 7) is 3.30. The third-order valence-electron chi connectivity index (χ3n) is 5.71. The number of para-hydroxylation sites is 1. The molecule has 2 heterocycles. The van der Waals surface area contributed by atoms with Crippen molar-refractivity contribution in [2.45, 2.75) is 45.6 Å². The smallest absolute Gasteiger partial charge is 0.271 e. The SMILES string of the molecule is Cc1c(C(=O)c2oc3ccccc3c2C)c(O)n(C2CCCC2)c(=O)c1C#N. The molecule has 0 unspecified atom stereocenters. The predicted molar refractivity (Wildman–Crippen MR) is 104 cm³/mol. The normalized spacial score (nSPS) is 14.5. The third-order valence-corrected chi connectivity index (χ3v) is 5.71.